The third-order valence-corrected chi connectivity index (χ3v) is 3.62. The number of benzene rings is 1. The molecule has 0 radical (unpaired) electrons. The van der Waals surface area contributed by atoms with Gasteiger partial charge in [-0.15, -0.1) is 0 Å². The van der Waals surface area contributed by atoms with Crippen LogP contribution in [0.1, 0.15) is 16.8 Å². The highest BCUT2D eigenvalue weighted by molar-refractivity contribution is 9.10. The number of hydrogen-bond donors (Lipinski definition) is 2. The predicted octanol–water partition coefficient (Wildman–Crippen LogP) is 2.83. The standard InChI is InChI=1S/C14H14BrN3O2/c1-9-6-11(2-3-12(9)15)20-8-10-4-5-17-13(7-10)14(16)18-19/h2-7,19H,8H2,1H3,(H2,16,18). The van der Waals surface area contributed by atoms with E-state index in [4.69, 9.17) is 15.7 Å². The number of aromatic nitrogens is 1. The van der Waals surface area contributed by atoms with Gasteiger partial charge in [0.15, 0.2) is 5.84 Å². The summed E-state index contributed by atoms with van der Waals surface area (Å²) >= 11 is 3.44. The molecule has 0 atom stereocenters. The molecule has 0 saturated heterocycles. The zero-order valence-electron chi connectivity index (χ0n) is 10.9. The molecule has 0 saturated carbocycles. The molecule has 20 heavy (non-hydrogen) atoms. The first-order chi connectivity index (χ1) is 9.60. The lowest BCUT2D eigenvalue weighted by atomic mass is 10.2. The third kappa shape index (κ3) is 3.48. The number of hydrogen-bond acceptors (Lipinski definition) is 4. The summed E-state index contributed by atoms with van der Waals surface area (Å²) in [6, 6.07) is 9.33. The number of rotatable bonds is 4. The van der Waals surface area contributed by atoms with E-state index < -0.39 is 0 Å². The van der Waals surface area contributed by atoms with Gasteiger partial charge in [-0.05, 0) is 48.4 Å². The van der Waals surface area contributed by atoms with E-state index in [9.17, 15) is 0 Å². The zero-order chi connectivity index (χ0) is 14.5. The molecule has 0 aliphatic rings. The molecule has 0 aliphatic carbocycles. The normalized spacial score (nSPS) is 11.4. The highest BCUT2D eigenvalue weighted by atomic mass is 79.9. The SMILES string of the molecule is Cc1cc(OCc2ccnc(/C(N)=N/O)c2)ccc1Br. The van der Waals surface area contributed by atoms with Crippen molar-refractivity contribution in [1.29, 1.82) is 0 Å². The van der Waals surface area contributed by atoms with Gasteiger partial charge in [0.2, 0.25) is 0 Å². The summed E-state index contributed by atoms with van der Waals surface area (Å²) < 4.78 is 6.75. The van der Waals surface area contributed by atoms with Crippen LogP contribution in [0.4, 0.5) is 0 Å². The van der Waals surface area contributed by atoms with Crippen LogP contribution in [0, 0.1) is 6.92 Å². The fourth-order valence-corrected chi connectivity index (χ4v) is 1.88. The van der Waals surface area contributed by atoms with Crippen molar-refractivity contribution in [2.45, 2.75) is 13.5 Å². The number of oxime groups is 1. The van der Waals surface area contributed by atoms with E-state index in [1.807, 2.05) is 31.2 Å². The van der Waals surface area contributed by atoms with Gasteiger partial charge in [-0.25, -0.2) is 0 Å². The maximum atomic E-state index is 8.63. The quantitative estimate of drug-likeness (QED) is 0.389. The summed E-state index contributed by atoms with van der Waals surface area (Å²) in [5, 5.41) is 11.6. The van der Waals surface area contributed by atoms with Gasteiger partial charge >= 0.3 is 0 Å². The van der Waals surface area contributed by atoms with Crippen LogP contribution < -0.4 is 10.5 Å². The van der Waals surface area contributed by atoms with E-state index in [-0.39, 0.29) is 5.84 Å². The van der Waals surface area contributed by atoms with E-state index in [0.717, 1.165) is 21.3 Å². The van der Waals surface area contributed by atoms with Gasteiger partial charge in [-0.3, -0.25) is 4.98 Å². The monoisotopic (exact) mass is 335 g/mol. The van der Waals surface area contributed by atoms with E-state index in [1.54, 1.807) is 12.3 Å². The predicted molar refractivity (Wildman–Crippen MR) is 80.0 cm³/mol. The van der Waals surface area contributed by atoms with Gasteiger partial charge in [-0.2, -0.15) is 0 Å². The van der Waals surface area contributed by atoms with Gasteiger partial charge in [0, 0.05) is 10.7 Å². The fourth-order valence-electron chi connectivity index (χ4n) is 1.63. The molecule has 0 amide bonds. The Hall–Kier alpha value is -2.08. The van der Waals surface area contributed by atoms with E-state index in [0.29, 0.717) is 12.3 Å². The average molecular weight is 336 g/mol. The molecule has 104 valence electrons. The third-order valence-electron chi connectivity index (χ3n) is 2.73. The summed E-state index contributed by atoms with van der Waals surface area (Å²) in [6.45, 7) is 2.38. The van der Waals surface area contributed by atoms with Crippen LogP contribution in [-0.2, 0) is 6.61 Å². The molecule has 0 spiro atoms. The van der Waals surface area contributed by atoms with Crippen molar-refractivity contribution in [3.63, 3.8) is 0 Å². The molecular formula is C14H14BrN3O2. The number of nitrogens with zero attached hydrogens (tertiary/aromatic N) is 2. The Morgan fingerprint density at radius 2 is 2.20 bits per heavy atom. The molecular weight excluding hydrogens is 322 g/mol. The number of amidine groups is 1. The molecule has 1 heterocycles. The first-order valence-electron chi connectivity index (χ1n) is 5.92. The smallest absolute Gasteiger partial charge is 0.188 e. The minimum atomic E-state index is -0.0219. The van der Waals surface area contributed by atoms with Crippen molar-refractivity contribution in [1.82, 2.24) is 4.98 Å². The fraction of sp³-hybridized carbons (Fsp3) is 0.143. The van der Waals surface area contributed by atoms with Crippen LogP contribution in [0.5, 0.6) is 5.75 Å². The summed E-state index contributed by atoms with van der Waals surface area (Å²) in [6.07, 6.45) is 1.60. The Morgan fingerprint density at radius 1 is 1.40 bits per heavy atom. The highest BCUT2D eigenvalue weighted by Gasteiger charge is 2.04. The molecule has 0 aliphatic heterocycles. The highest BCUT2D eigenvalue weighted by Crippen LogP contribution is 2.22. The molecule has 6 heteroatoms. The number of pyridine rings is 1. The molecule has 1 aromatic heterocycles. The number of ether oxygens (including phenoxy) is 1. The van der Waals surface area contributed by atoms with Crippen molar-refractivity contribution in [3.8, 4) is 5.75 Å². The molecule has 5 nitrogen and oxygen atoms in total. The first-order valence-corrected chi connectivity index (χ1v) is 6.71. The first kappa shape index (κ1) is 14.3. The zero-order valence-corrected chi connectivity index (χ0v) is 12.5. The summed E-state index contributed by atoms with van der Waals surface area (Å²) in [5.41, 5.74) is 7.91. The van der Waals surface area contributed by atoms with Crippen molar-refractivity contribution in [2.24, 2.45) is 10.9 Å². The molecule has 2 rings (SSSR count). The van der Waals surface area contributed by atoms with Crippen LogP contribution in [0.15, 0.2) is 46.2 Å². The topological polar surface area (TPSA) is 80.7 Å². The number of aryl methyl sites for hydroxylation is 1. The Bertz CT molecular complexity index is 644. The Kier molecular flexibility index (Phi) is 4.57. The molecule has 3 N–H and O–H groups in total. The van der Waals surface area contributed by atoms with Gasteiger partial charge in [0.05, 0.1) is 0 Å². The van der Waals surface area contributed by atoms with Gasteiger partial charge in [-0.1, -0.05) is 21.1 Å². The van der Waals surface area contributed by atoms with E-state index in [2.05, 4.69) is 26.1 Å². The molecule has 0 bridgehead atoms. The van der Waals surface area contributed by atoms with Crippen LogP contribution in [-0.4, -0.2) is 16.0 Å². The lowest BCUT2D eigenvalue weighted by Gasteiger charge is -2.08. The van der Waals surface area contributed by atoms with E-state index in [1.165, 1.54) is 0 Å². The van der Waals surface area contributed by atoms with Crippen LogP contribution in [0.25, 0.3) is 0 Å². The summed E-state index contributed by atoms with van der Waals surface area (Å²) in [5.74, 6) is 0.763. The Morgan fingerprint density at radius 3 is 2.90 bits per heavy atom. The van der Waals surface area contributed by atoms with Crippen molar-refractivity contribution < 1.29 is 9.94 Å². The minimum absolute atomic E-state index is 0.0219. The molecule has 2 aromatic rings. The lowest BCUT2D eigenvalue weighted by Crippen LogP contribution is -2.15. The van der Waals surface area contributed by atoms with Gasteiger partial charge in [0.25, 0.3) is 0 Å². The lowest BCUT2D eigenvalue weighted by molar-refractivity contribution is 0.305. The Labute approximate surface area is 125 Å². The summed E-state index contributed by atoms with van der Waals surface area (Å²) in [7, 11) is 0. The molecule has 1 aromatic carbocycles. The van der Waals surface area contributed by atoms with Gasteiger partial charge in [0.1, 0.15) is 18.1 Å². The van der Waals surface area contributed by atoms with Gasteiger partial charge < -0.3 is 15.7 Å². The molecule has 0 fully saturated rings. The Balaban J connectivity index is 2.09. The van der Waals surface area contributed by atoms with E-state index >= 15 is 0 Å². The maximum absolute atomic E-state index is 8.63. The van der Waals surface area contributed by atoms with Crippen LogP contribution in [0.3, 0.4) is 0 Å². The van der Waals surface area contributed by atoms with Crippen LogP contribution >= 0.6 is 15.9 Å². The number of halogens is 1. The van der Waals surface area contributed by atoms with Crippen molar-refractivity contribution >= 4 is 21.8 Å². The average Bonchev–Trinajstić information content (AvgIpc) is 2.48. The van der Waals surface area contributed by atoms with Crippen molar-refractivity contribution in [2.75, 3.05) is 0 Å². The minimum Gasteiger partial charge on any atom is -0.489 e. The summed E-state index contributed by atoms with van der Waals surface area (Å²) in [4.78, 5) is 4.01. The number of nitrogens with two attached hydrogens (primary N) is 1. The van der Waals surface area contributed by atoms with Crippen LogP contribution in [0.2, 0.25) is 0 Å². The largest absolute Gasteiger partial charge is 0.489 e. The maximum Gasteiger partial charge on any atom is 0.188 e. The molecule has 0 unspecified atom stereocenters. The second-order valence-corrected chi connectivity index (χ2v) is 5.09. The van der Waals surface area contributed by atoms with Crippen molar-refractivity contribution in [3.05, 3.63) is 57.8 Å². The second kappa shape index (κ2) is 6.38. The second-order valence-electron chi connectivity index (χ2n) is 4.23.